The number of carbonyl (C=O) groups excluding carboxylic acids is 1. The fraction of sp³-hybridized carbons (Fsp3) is 0.333. The first-order chi connectivity index (χ1) is 7.82. The molecule has 0 aliphatic carbocycles. The number of hydrogen-bond acceptors (Lipinski definition) is 6. The van der Waals surface area contributed by atoms with Crippen LogP contribution in [0.3, 0.4) is 0 Å². The van der Waals surface area contributed by atoms with Crippen LogP contribution in [0.4, 0.5) is 0 Å². The molecule has 1 rings (SSSR count). The lowest BCUT2D eigenvalue weighted by Crippen LogP contribution is -2.17. The summed E-state index contributed by atoms with van der Waals surface area (Å²) in [4.78, 5) is 14.7. The van der Waals surface area contributed by atoms with Crippen molar-refractivity contribution in [2.24, 2.45) is 5.73 Å². The van der Waals surface area contributed by atoms with E-state index in [0.717, 1.165) is 12.5 Å². The van der Waals surface area contributed by atoms with E-state index in [1.807, 2.05) is 0 Å². The summed E-state index contributed by atoms with van der Waals surface area (Å²) < 4.78 is 27.7. The molecule has 8 heteroatoms. The summed E-state index contributed by atoms with van der Waals surface area (Å²) in [5.74, 6) is -0.980. The molecule has 0 aliphatic heterocycles. The molecule has 1 heterocycles. The summed E-state index contributed by atoms with van der Waals surface area (Å²) in [5, 5.41) is 8.82. The Balaban J connectivity index is 3.66. The number of methoxy groups -OCH3 is 1. The minimum atomic E-state index is -3.62. The number of aliphatic hydroxyl groups is 1. The van der Waals surface area contributed by atoms with Gasteiger partial charge in [-0.1, -0.05) is 0 Å². The average Bonchev–Trinajstić information content (AvgIpc) is 2.25. The van der Waals surface area contributed by atoms with Gasteiger partial charge in [-0.2, -0.15) is 0 Å². The zero-order valence-corrected chi connectivity index (χ0v) is 10.1. The number of aromatic nitrogens is 1. The summed E-state index contributed by atoms with van der Waals surface area (Å²) in [6, 6.07) is 0. The van der Waals surface area contributed by atoms with Gasteiger partial charge in [0.15, 0.2) is 20.6 Å². The van der Waals surface area contributed by atoms with Crippen molar-refractivity contribution in [2.75, 3.05) is 13.4 Å². The molecule has 0 spiro atoms. The van der Waals surface area contributed by atoms with Crippen molar-refractivity contribution in [3.05, 3.63) is 17.3 Å². The standard InChI is InChI=1S/C9H12N2O5S/c1-16-7-6(4-12)5(8(10)13)3-11-9(7)17(2,14)15/h3,12H,4H2,1-2H3,(H2,10,13). The molecule has 0 aliphatic rings. The summed E-state index contributed by atoms with van der Waals surface area (Å²) in [7, 11) is -2.40. The minimum Gasteiger partial charge on any atom is -0.493 e. The number of rotatable bonds is 4. The Morgan fingerprint density at radius 1 is 1.59 bits per heavy atom. The molecule has 0 atom stereocenters. The van der Waals surface area contributed by atoms with Gasteiger partial charge in [-0.3, -0.25) is 4.79 Å². The molecule has 1 aromatic rings. The van der Waals surface area contributed by atoms with Gasteiger partial charge < -0.3 is 15.6 Å². The maximum absolute atomic E-state index is 11.4. The molecular formula is C9H12N2O5S. The van der Waals surface area contributed by atoms with Crippen molar-refractivity contribution >= 4 is 15.7 Å². The molecule has 0 unspecified atom stereocenters. The molecule has 0 saturated heterocycles. The third-order valence-corrected chi connectivity index (χ3v) is 3.08. The SMILES string of the molecule is COc1c(S(C)(=O)=O)ncc(C(N)=O)c1CO. The van der Waals surface area contributed by atoms with Gasteiger partial charge in [0.2, 0.25) is 0 Å². The monoisotopic (exact) mass is 260 g/mol. The van der Waals surface area contributed by atoms with E-state index >= 15 is 0 Å². The molecule has 3 N–H and O–H groups in total. The van der Waals surface area contributed by atoms with Crippen LogP contribution in [0, 0.1) is 0 Å². The molecule has 7 nitrogen and oxygen atoms in total. The fourth-order valence-electron chi connectivity index (χ4n) is 1.36. The zero-order valence-electron chi connectivity index (χ0n) is 9.30. The van der Waals surface area contributed by atoms with Gasteiger partial charge in [0.25, 0.3) is 5.91 Å². The van der Waals surface area contributed by atoms with Crippen LogP contribution in [0.15, 0.2) is 11.2 Å². The van der Waals surface area contributed by atoms with E-state index in [2.05, 4.69) is 4.98 Å². The largest absolute Gasteiger partial charge is 0.493 e. The molecule has 0 radical (unpaired) electrons. The Morgan fingerprint density at radius 2 is 2.18 bits per heavy atom. The van der Waals surface area contributed by atoms with Gasteiger partial charge >= 0.3 is 0 Å². The van der Waals surface area contributed by atoms with Crippen LogP contribution in [0.1, 0.15) is 15.9 Å². The molecule has 0 bridgehead atoms. The Hall–Kier alpha value is -1.67. The molecule has 0 saturated carbocycles. The van der Waals surface area contributed by atoms with Crippen LogP contribution < -0.4 is 10.5 Å². The number of nitrogens with two attached hydrogens (primary N) is 1. The smallest absolute Gasteiger partial charge is 0.250 e. The fourth-order valence-corrected chi connectivity index (χ4v) is 2.14. The highest BCUT2D eigenvalue weighted by molar-refractivity contribution is 7.90. The Morgan fingerprint density at radius 3 is 2.53 bits per heavy atom. The second-order valence-electron chi connectivity index (χ2n) is 3.28. The molecule has 0 fully saturated rings. The predicted octanol–water partition coefficient (Wildman–Crippen LogP) is -0.915. The summed E-state index contributed by atoms with van der Waals surface area (Å²) >= 11 is 0. The predicted molar refractivity (Wildman–Crippen MR) is 58.3 cm³/mol. The lowest BCUT2D eigenvalue weighted by atomic mass is 10.1. The summed E-state index contributed by atoms with van der Waals surface area (Å²) in [6.07, 6.45) is 1.95. The molecular weight excluding hydrogens is 248 g/mol. The van der Waals surface area contributed by atoms with Crippen LogP contribution in [0.2, 0.25) is 0 Å². The number of ether oxygens (including phenoxy) is 1. The average molecular weight is 260 g/mol. The maximum atomic E-state index is 11.4. The second-order valence-corrected chi connectivity index (χ2v) is 5.21. The van der Waals surface area contributed by atoms with E-state index in [1.165, 1.54) is 7.11 Å². The van der Waals surface area contributed by atoms with E-state index < -0.39 is 22.4 Å². The van der Waals surface area contributed by atoms with Gasteiger partial charge in [0, 0.05) is 18.0 Å². The number of sulfone groups is 1. The third-order valence-electron chi connectivity index (χ3n) is 2.08. The van der Waals surface area contributed by atoms with Crippen LogP contribution in [0.5, 0.6) is 5.75 Å². The van der Waals surface area contributed by atoms with Gasteiger partial charge in [0.05, 0.1) is 19.3 Å². The highest BCUT2D eigenvalue weighted by Gasteiger charge is 2.23. The van der Waals surface area contributed by atoms with Gasteiger partial charge in [0.1, 0.15) is 0 Å². The number of primary amides is 1. The van der Waals surface area contributed by atoms with Crippen LogP contribution in [-0.2, 0) is 16.4 Å². The first kappa shape index (κ1) is 13.4. The van der Waals surface area contributed by atoms with Crippen molar-refractivity contribution in [1.29, 1.82) is 0 Å². The number of aliphatic hydroxyl groups excluding tert-OH is 1. The van der Waals surface area contributed by atoms with Crippen molar-refractivity contribution in [1.82, 2.24) is 4.98 Å². The topological polar surface area (TPSA) is 120 Å². The first-order valence-corrected chi connectivity index (χ1v) is 6.38. The summed E-state index contributed by atoms with van der Waals surface area (Å²) in [5.41, 5.74) is 5.02. The molecule has 94 valence electrons. The quantitative estimate of drug-likeness (QED) is 0.722. The Labute approximate surface area is 98.1 Å². The highest BCUT2D eigenvalue weighted by atomic mass is 32.2. The van der Waals surface area contributed by atoms with E-state index in [1.54, 1.807) is 0 Å². The molecule has 17 heavy (non-hydrogen) atoms. The van der Waals surface area contributed by atoms with E-state index in [9.17, 15) is 13.2 Å². The zero-order chi connectivity index (χ0) is 13.2. The van der Waals surface area contributed by atoms with Gasteiger partial charge in [-0.25, -0.2) is 13.4 Å². The second kappa shape index (κ2) is 4.68. The molecule has 0 aromatic carbocycles. The number of nitrogens with zero attached hydrogens (tertiary/aromatic N) is 1. The third kappa shape index (κ3) is 2.53. The Bertz CT molecular complexity index is 553. The van der Waals surface area contributed by atoms with Crippen molar-refractivity contribution in [3.63, 3.8) is 0 Å². The molecule has 1 amide bonds. The number of pyridine rings is 1. The van der Waals surface area contributed by atoms with Crippen LogP contribution in [0.25, 0.3) is 0 Å². The van der Waals surface area contributed by atoms with E-state index in [-0.39, 0.29) is 21.9 Å². The van der Waals surface area contributed by atoms with Gasteiger partial charge in [-0.15, -0.1) is 0 Å². The van der Waals surface area contributed by atoms with Crippen LogP contribution in [-0.4, -0.2) is 37.8 Å². The Kier molecular flexibility index (Phi) is 3.69. The number of amides is 1. The normalized spacial score (nSPS) is 11.2. The summed E-state index contributed by atoms with van der Waals surface area (Å²) in [6.45, 7) is -0.577. The molecule has 1 aromatic heterocycles. The highest BCUT2D eigenvalue weighted by Crippen LogP contribution is 2.28. The number of carbonyl (C=O) groups is 1. The maximum Gasteiger partial charge on any atom is 0.250 e. The van der Waals surface area contributed by atoms with Crippen molar-refractivity contribution in [2.45, 2.75) is 11.6 Å². The minimum absolute atomic E-state index is 0.00965. The lowest BCUT2D eigenvalue weighted by molar-refractivity contribution is 0.0996. The van der Waals surface area contributed by atoms with Crippen molar-refractivity contribution < 1.29 is 23.1 Å². The van der Waals surface area contributed by atoms with E-state index in [4.69, 9.17) is 15.6 Å². The van der Waals surface area contributed by atoms with Gasteiger partial charge in [-0.05, 0) is 0 Å². The van der Waals surface area contributed by atoms with Crippen molar-refractivity contribution in [3.8, 4) is 5.75 Å². The van der Waals surface area contributed by atoms with Crippen LogP contribution >= 0.6 is 0 Å². The van der Waals surface area contributed by atoms with E-state index in [0.29, 0.717) is 0 Å². The number of hydrogen-bond donors (Lipinski definition) is 2. The lowest BCUT2D eigenvalue weighted by Gasteiger charge is -2.12. The first-order valence-electron chi connectivity index (χ1n) is 4.49.